The van der Waals surface area contributed by atoms with Gasteiger partial charge in [0.05, 0.1) is 6.10 Å². The highest BCUT2D eigenvalue weighted by atomic mass is 16.5. The molecule has 1 fully saturated rings. The monoisotopic (exact) mass is 418 g/mol. The van der Waals surface area contributed by atoms with Crippen molar-refractivity contribution in [2.24, 2.45) is 0 Å². The van der Waals surface area contributed by atoms with Crippen LogP contribution in [0, 0.1) is 0 Å². The Balaban J connectivity index is 1.50. The van der Waals surface area contributed by atoms with Crippen molar-refractivity contribution in [2.45, 2.75) is 37.8 Å². The molecule has 8 nitrogen and oxygen atoms in total. The van der Waals surface area contributed by atoms with Gasteiger partial charge in [-0.1, -0.05) is 30.3 Å². The number of carbonyl (C=O) groups excluding carboxylic acids is 1. The normalized spacial score (nSPS) is 15.5. The molecule has 0 radical (unpaired) electrons. The first-order chi connectivity index (χ1) is 15.2. The van der Waals surface area contributed by atoms with Gasteiger partial charge in [0.1, 0.15) is 23.2 Å². The van der Waals surface area contributed by atoms with Crippen LogP contribution in [-0.2, 0) is 10.3 Å². The van der Waals surface area contributed by atoms with E-state index in [1.165, 1.54) is 12.5 Å². The maximum atomic E-state index is 13.2. The van der Waals surface area contributed by atoms with Gasteiger partial charge in [0.25, 0.3) is 5.91 Å². The van der Waals surface area contributed by atoms with Crippen molar-refractivity contribution in [1.29, 1.82) is 0 Å². The first kappa shape index (κ1) is 20.9. The molecule has 2 aromatic heterocycles. The van der Waals surface area contributed by atoms with E-state index in [9.17, 15) is 4.79 Å². The number of hydrogen-bond acceptors (Lipinski definition) is 7. The zero-order valence-corrected chi connectivity index (χ0v) is 17.5. The first-order valence-electron chi connectivity index (χ1n) is 10.5. The highest BCUT2D eigenvalue weighted by Gasteiger charge is 2.43. The molecule has 1 aliphatic carbocycles. The molecular formula is C23H26N6O2. The van der Waals surface area contributed by atoms with Crippen molar-refractivity contribution < 1.29 is 9.53 Å². The molecule has 1 saturated carbocycles. The number of hydrogen-bond donors (Lipinski definition) is 2. The molecule has 1 aromatic carbocycles. The Hall–Kier alpha value is -3.39. The van der Waals surface area contributed by atoms with E-state index >= 15 is 0 Å². The largest absolute Gasteiger partial charge is 0.372 e. The van der Waals surface area contributed by atoms with E-state index in [0.29, 0.717) is 30.4 Å². The fourth-order valence-electron chi connectivity index (χ4n) is 3.73. The van der Waals surface area contributed by atoms with Crippen LogP contribution in [0.4, 0.5) is 5.82 Å². The van der Waals surface area contributed by atoms with Crippen LogP contribution in [0.25, 0.3) is 0 Å². The summed E-state index contributed by atoms with van der Waals surface area (Å²) in [5, 5.41) is 6.40. The molecule has 8 heteroatoms. The third kappa shape index (κ3) is 4.69. The van der Waals surface area contributed by atoms with Gasteiger partial charge < -0.3 is 15.4 Å². The second kappa shape index (κ2) is 9.61. The Morgan fingerprint density at radius 3 is 2.58 bits per heavy atom. The van der Waals surface area contributed by atoms with Crippen LogP contribution < -0.4 is 10.6 Å². The zero-order valence-electron chi connectivity index (χ0n) is 17.5. The molecule has 2 N–H and O–H groups in total. The maximum absolute atomic E-state index is 13.2. The number of nitrogens with one attached hydrogen (secondary N) is 2. The van der Waals surface area contributed by atoms with Gasteiger partial charge in [-0.25, -0.2) is 19.9 Å². The molecule has 1 amide bonds. The van der Waals surface area contributed by atoms with E-state index in [1.807, 2.05) is 37.3 Å². The number of aromatic nitrogens is 4. The van der Waals surface area contributed by atoms with Crippen molar-refractivity contribution in [3.8, 4) is 0 Å². The van der Waals surface area contributed by atoms with Crippen LogP contribution in [0.1, 0.15) is 54.0 Å². The Morgan fingerprint density at radius 1 is 1.13 bits per heavy atom. The Morgan fingerprint density at radius 2 is 1.90 bits per heavy atom. The lowest BCUT2D eigenvalue weighted by Crippen LogP contribution is -2.52. The summed E-state index contributed by atoms with van der Waals surface area (Å²) in [6.45, 7) is 3.02. The average Bonchev–Trinajstić information content (AvgIpc) is 2.80. The Bertz CT molecular complexity index is 995. The lowest BCUT2D eigenvalue weighted by atomic mass is 9.75. The van der Waals surface area contributed by atoms with Crippen molar-refractivity contribution >= 4 is 11.7 Å². The molecule has 0 bridgehead atoms. The standard InChI is InChI=1S/C23H26N6O2/c1-2-31-19(17-8-4-3-5-9-17)15-27-20-18(14-24-16-28-20)21(30)29-23(10-6-11-23)22-25-12-7-13-26-22/h3-5,7-9,12-14,16,19H,2,6,10-11,15H2,1H3,(H,29,30)(H,24,27,28). The van der Waals surface area contributed by atoms with Gasteiger partial charge in [0.15, 0.2) is 5.82 Å². The zero-order chi connectivity index (χ0) is 21.5. The minimum Gasteiger partial charge on any atom is -0.372 e. The summed E-state index contributed by atoms with van der Waals surface area (Å²) in [5.41, 5.74) is 0.906. The second-order valence-electron chi connectivity index (χ2n) is 7.48. The fraction of sp³-hybridized carbons (Fsp3) is 0.348. The summed E-state index contributed by atoms with van der Waals surface area (Å²) < 4.78 is 5.89. The average molecular weight is 419 g/mol. The van der Waals surface area contributed by atoms with Crippen molar-refractivity contribution in [2.75, 3.05) is 18.5 Å². The van der Waals surface area contributed by atoms with Gasteiger partial charge in [-0.3, -0.25) is 4.79 Å². The number of nitrogens with zero attached hydrogens (tertiary/aromatic N) is 4. The van der Waals surface area contributed by atoms with Gasteiger partial charge in [0.2, 0.25) is 0 Å². The minimum absolute atomic E-state index is 0.159. The summed E-state index contributed by atoms with van der Waals surface area (Å²) in [6, 6.07) is 11.8. The summed E-state index contributed by atoms with van der Waals surface area (Å²) in [6.07, 6.45) is 8.82. The quantitative estimate of drug-likeness (QED) is 0.550. The minimum atomic E-state index is -0.538. The molecule has 3 aromatic rings. The number of amides is 1. The number of ether oxygens (including phenoxy) is 1. The number of anilines is 1. The van der Waals surface area contributed by atoms with Gasteiger partial charge in [0, 0.05) is 31.7 Å². The number of carbonyl (C=O) groups is 1. The van der Waals surface area contributed by atoms with E-state index in [0.717, 1.165) is 24.8 Å². The smallest absolute Gasteiger partial charge is 0.257 e. The predicted molar refractivity (Wildman–Crippen MR) is 116 cm³/mol. The Labute approximate surface area is 181 Å². The number of benzene rings is 1. The fourth-order valence-corrected chi connectivity index (χ4v) is 3.73. The molecule has 0 spiro atoms. The third-order valence-corrected chi connectivity index (χ3v) is 5.50. The molecule has 2 heterocycles. The lowest BCUT2D eigenvalue weighted by Gasteiger charge is -2.40. The van der Waals surface area contributed by atoms with Gasteiger partial charge in [-0.15, -0.1) is 0 Å². The predicted octanol–water partition coefficient (Wildman–Crippen LogP) is 3.27. The van der Waals surface area contributed by atoms with E-state index in [-0.39, 0.29) is 12.0 Å². The van der Waals surface area contributed by atoms with Crippen molar-refractivity contribution in [3.05, 3.63) is 78.3 Å². The summed E-state index contributed by atoms with van der Waals surface area (Å²) in [5.74, 6) is 0.862. The molecule has 0 aliphatic heterocycles. The van der Waals surface area contributed by atoms with E-state index < -0.39 is 5.54 Å². The van der Waals surface area contributed by atoms with E-state index in [1.54, 1.807) is 18.5 Å². The summed E-state index contributed by atoms with van der Waals surface area (Å²) >= 11 is 0. The van der Waals surface area contributed by atoms with E-state index in [2.05, 4.69) is 30.6 Å². The number of rotatable bonds is 9. The molecule has 160 valence electrons. The molecule has 1 unspecified atom stereocenters. The summed E-state index contributed by atoms with van der Waals surface area (Å²) in [4.78, 5) is 30.3. The molecule has 31 heavy (non-hydrogen) atoms. The molecular weight excluding hydrogens is 392 g/mol. The molecule has 0 saturated heterocycles. The maximum Gasteiger partial charge on any atom is 0.257 e. The van der Waals surface area contributed by atoms with Gasteiger partial charge in [-0.2, -0.15) is 0 Å². The van der Waals surface area contributed by atoms with Crippen LogP contribution in [-0.4, -0.2) is 39.0 Å². The molecule has 1 aliphatic rings. The van der Waals surface area contributed by atoms with Crippen molar-refractivity contribution in [3.63, 3.8) is 0 Å². The van der Waals surface area contributed by atoms with Crippen molar-refractivity contribution in [1.82, 2.24) is 25.3 Å². The van der Waals surface area contributed by atoms with Crippen LogP contribution in [0.5, 0.6) is 0 Å². The van der Waals surface area contributed by atoms with Crippen LogP contribution in [0.15, 0.2) is 61.3 Å². The van der Waals surface area contributed by atoms with Gasteiger partial charge in [-0.05, 0) is 37.8 Å². The first-order valence-corrected chi connectivity index (χ1v) is 10.5. The highest BCUT2D eigenvalue weighted by Crippen LogP contribution is 2.39. The molecule has 1 atom stereocenters. The van der Waals surface area contributed by atoms with Gasteiger partial charge >= 0.3 is 0 Å². The third-order valence-electron chi connectivity index (χ3n) is 5.50. The SMILES string of the molecule is CCOC(CNc1ncncc1C(=O)NC1(c2ncccn2)CCC1)c1ccccc1. The topological polar surface area (TPSA) is 102 Å². The van der Waals surface area contributed by atoms with E-state index in [4.69, 9.17) is 4.74 Å². The summed E-state index contributed by atoms with van der Waals surface area (Å²) in [7, 11) is 0. The highest BCUT2D eigenvalue weighted by molar-refractivity contribution is 5.98. The van der Waals surface area contributed by atoms with Crippen LogP contribution in [0.2, 0.25) is 0 Å². The van der Waals surface area contributed by atoms with Crippen LogP contribution in [0.3, 0.4) is 0 Å². The Kier molecular flexibility index (Phi) is 6.47. The van der Waals surface area contributed by atoms with Crippen LogP contribution >= 0.6 is 0 Å². The lowest BCUT2D eigenvalue weighted by molar-refractivity contribution is 0.0716. The second-order valence-corrected chi connectivity index (χ2v) is 7.48. The molecule has 4 rings (SSSR count).